The summed E-state index contributed by atoms with van der Waals surface area (Å²) in [6.45, 7) is 5.56. The number of carbonyl (C=O) groups excluding carboxylic acids is 1. The van der Waals surface area contributed by atoms with Crippen molar-refractivity contribution in [3.8, 4) is 0 Å². The van der Waals surface area contributed by atoms with Gasteiger partial charge in [0.1, 0.15) is 12.7 Å². The quantitative estimate of drug-likeness (QED) is 0.607. The molecule has 7 heteroatoms. The van der Waals surface area contributed by atoms with Crippen LogP contribution < -0.4 is 4.57 Å². The Kier molecular flexibility index (Phi) is 4.64. The zero-order chi connectivity index (χ0) is 18.5. The summed E-state index contributed by atoms with van der Waals surface area (Å²) in [7, 11) is 1.96. The first kappa shape index (κ1) is 17.9. The highest BCUT2D eigenvalue weighted by atomic mass is 32.2. The van der Waals surface area contributed by atoms with Crippen molar-refractivity contribution in [1.82, 2.24) is 4.90 Å². The van der Waals surface area contributed by atoms with Crippen LogP contribution in [0.5, 0.6) is 0 Å². The summed E-state index contributed by atoms with van der Waals surface area (Å²) < 4.78 is 1.97. The Bertz CT molecular complexity index is 774. The summed E-state index contributed by atoms with van der Waals surface area (Å²) in [5, 5.41) is 19.5. The van der Waals surface area contributed by atoms with Crippen LogP contribution in [-0.4, -0.2) is 39.1 Å². The number of hydrogen-bond donors (Lipinski definition) is 2. The van der Waals surface area contributed by atoms with Gasteiger partial charge in [-0.25, -0.2) is 9.36 Å². The van der Waals surface area contributed by atoms with E-state index in [1.807, 2.05) is 43.9 Å². The minimum absolute atomic E-state index is 0.0866. The lowest BCUT2D eigenvalue weighted by molar-refractivity contribution is -0.671. The summed E-state index contributed by atoms with van der Waals surface area (Å²) in [6.07, 6.45) is 3.22. The number of carbonyl (C=O) groups is 2. The third-order valence-corrected chi connectivity index (χ3v) is 6.44. The van der Waals surface area contributed by atoms with Crippen LogP contribution in [0.3, 0.4) is 0 Å². The predicted octanol–water partition coefficient (Wildman–Crippen LogP) is 1.21. The SMILES string of the molecule is Cc1c[n+](C)ccc1CSC1=C(C(=O)O)N2C(=O)[C@H](C(C)O)[C@@H]2[C@H]1C. The molecule has 0 radical (unpaired) electrons. The average Bonchev–Trinajstić information content (AvgIpc) is 2.75. The molecule has 25 heavy (non-hydrogen) atoms. The van der Waals surface area contributed by atoms with Crippen LogP contribution >= 0.6 is 11.8 Å². The summed E-state index contributed by atoms with van der Waals surface area (Å²) in [6, 6.07) is 1.78. The van der Waals surface area contributed by atoms with Gasteiger partial charge in [-0.3, -0.25) is 4.79 Å². The molecule has 6 nitrogen and oxygen atoms in total. The third kappa shape index (κ3) is 2.85. The average molecular weight is 363 g/mol. The van der Waals surface area contributed by atoms with E-state index in [2.05, 4.69) is 0 Å². The van der Waals surface area contributed by atoms with E-state index in [0.29, 0.717) is 5.75 Å². The molecule has 2 aliphatic heterocycles. The number of pyridine rings is 1. The van der Waals surface area contributed by atoms with E-state index < -0.39 is 18.0 Å². The van der Waals surface area contributed by atoms with Crippen molar-refractivity contribution in [2.75, 3.05) is 0 Å². The van der Waals surface area contributed by atoms with Crippen LogP contribution in [0.4, 0.5) is 0 Å². The minimum atomic E-state index is -1.08. The maximum atomic E-state index is 12.3. The number of aryl methyl sites for hydroxylation is 2. The Balaban J connectivity index is 1.86. The van der Waals surface area contributed by atoms with Crippen molar-refractivity contribution in [1.29, 1.82) is 0 Å². The number of aliphatic hydroxyl groups excluding tert-OH is 1. The van der Waals surface area contributed by atoms with Crippen LogP contribution in [0.2, 0.25) is 0 Å². The number of fused-ring (bicyclic) bond motifs is 1. The van der Waals surface area contributed by atoms with Gasteiger partial charge in [0.15, 0.2) is 12.4 Å². The number of nitrogens with zero attached hydrogens (tertiary/aromatic N) is 2. The Morgan fingerprint density at radius 2 is 2.16 bits per heavy atom. The van der Waals surface area contributed by atoms with E-state index in [1.165, 1.54) is 16.7 Å². The number of amides is 1. The molecular weight excluding hydrogens is 340 g/mol. The highest BCUT2D eigenvalue weighted by Gasteiger charge is 2.59. The normalized spacial score (nSPS) is 26.5. The molecule has 4 atom stereocenters. The minimum Gasteiger partial charge on any atom is -0.477 e. The number of hydrogen-bond acceptors (Lipinski definition) is 4. The second-order valence-electron chi connectivity index (χ2n) is 6.88. The molecule has 1 unspecified atom stereocenters. The lowest BCUT2D eigenvalue weighted by Gasteiger charge is -2.46. The molecule has 2 N–H and O–H groups in total. The van der Waals surface area contributed by atoms with Crippen LogP contribution in [-0.2, 0) is 22.4 Å². The molecule has 2 aliphatic rings. The zero-order valence-corrected chi connectivity index (χ0v) is 15.6. The molecule has 134 valence electrons. The van der Waals surface area contributed by atoms with E-state index >= 15 is 0 Å². The molecule has 1 saturated heterocycles. The number of β-lactam (4-membered cyclic amide) rings is 1. The van der Waals surface area contributed by atoms with Crippen LogP contribution in [0.15, 0.2) is 29.1 Å². The fraction of sp³-hybridized carbons (Fsp3) is 0.500. The summed E-state index contributed by atoms with van der Waals surface area (Å²) in [5.41, 5.74) is 2.37. The smallest absolute Gasteiger partial charge is 0.353 e. The van der Waals surface area contributed by atoms with Gasteiger partial charge in [0.05, 0.1) is 18.1 Å². The monoisotopic (exact) mass is 363 g/mol. The summed E-state index contributed by atoms with van der Waals surface area (Å²) in [4.78, 5) is 26.2. The number of thioether (sulfide) groups is 1. The molecule has 1 amide bonds. The third-order valence-electron chi connectivity index (χ3n) is 5.11. The maximum Gasteiger partial charge on any atom is 0.353 e. The van der Waals surface area contributed by atoms with Gasteiger partial charge in [0.25, 0.3) is 0 Å². The van der Waals surface area contributed by atoms with Gasteiger partial charge in [-0.2, -0.15) is 0 Å². The van der Waals surface area contributed by atoms with Gasteiger partial charge >= 0.3 is 5.97 Å². The number of aliphatic carboxylic acids is 1. The van der Waals surface area contributed by atoms with Gasteiger partial charge in [0, 0.05) is 28.2 Å². The van der Waals surface area contributed by atoms with Gasteiger partial charge in [0.2, 0.25) is 5.91 Å². The highest BCUT2D eigenvalue weighted by molar-refractivity contribution is 8.02. The fourth-order valence-electron chi connectivity index (χ4n) is 3.80. The van der Waals surface area contributed by atoms with Gasteiger partial charge in [-0.1, -0.05) is 6.92 Å². The van der Waals surface area contributed by atoms with Gasteiger partial charge in [-0.05, 0) is 19.4 Å². The first-order valence-electron chi connectivity index (χ1n) is 8.30. The van der Waals surface area contributed by atoms with Crippen LogP contribution in [0.1, 0.15) is 25.0 Å². The van der Waals surface area contributed by atoms with Crippen LogP contribution in [0, 0.1) is 18.8 Å². The molecule has 0 aromatic carbocycles. The molecule has 0 aliphatic carbocycles. The van der Waals surface area contributed by atoms with E-state index in [0.717, 1.165) is 16.0 Å². The van der Waals surface area contributed by atoms with Crippen molar-refractivity contribution < 1.29 is 24.4 Å². The molecule has 0 spiro atoms. The Labute approximate surface area is 151 Å². The number of rotatable bonds is 5. The van der Waals surface area contributed by atoms with Crippen LogP contribution in [0.25, 0.3) is 0 Å². The van der Waals surface area contributed by atoms with Crippen molar-refractivity contribution in [3.05, 3.63) is 40.2 Å². The first-order valence-corrected chi connectivity index (χ1v) is 9.28. The van der Waals surface area contributed by atoms with Crippen molar-refractivity contribution in [2.24, 2.45) is 18.9 Å². The molecule has 1 fully saturated rings. The molecule has 1 aromatic heterocycles. The van der Waals surface area contributed by atoms with E-state index in [9.17, 15) is 19.8 Å². The largest absolute Gasteiger partial charge is 0.477 e. The molecule has 3 heterocycles. The van der Waals surface area contributed by atoms with Crippen molar-refractivity contribution in [2.45, 2.75) is 38.7 Å². The molecule has 0 bridgehead atoms. The van der Waals surface area contributed by atoms with Crippen molar-refractivity contribution in [3.63, 3.8) is 0 Å². The lowest BCUT2D eigenvalue weighted by Crippen LogP contribution is -2.63. The summed E-state index contributed by atoms with van der Waals surface area (Å²) >= 11 is 1.48. The second-order valence-corrected chi connectivity index (χ2v) is 7.90. The molecule has 0 saturated carbocycles. The molecular formula is C18H23N2O4S+. The van der Waals surface area contributed by atoms with E-state index in [-0.39, 0.29) is 23.6 Å². The molecule has 3 rings (SSSR count). The van der Waals surface area contributed by atoms with Gasteiger partial charge in [-0.15, -0.1) is 11.8 Å². The highest BCUT2D eigenvalue weighted by Crippen LogP contribution is 2.50. The zero-order valence-electron chi connectivity index (χ0n) is 14.8. The van der Waals surface area contributed by atoms with E-state index in [4.69, 9.17) is 0 Å². The van der Waals surface area contributed by atoms with Crippen molar-refractivity contribution >= 4 is 23.6 Å². The topological polar surface area (TPSA) is 81.7 Å². The van der Waals surface area contributed by atoms with E-state index in [1.54, 1.807) is 6.92 Å². The fourth-order valence-corrected chi connectivity index (χ4v) is 5.16. The summed E-state index contributed by atoms with van der Waals surface area (Å²) in [5.74, 6) is -1.32. The Morgan fingerprint density at radius 3 is 2.72 bits per heavy atom. The first-order chi connectivity index (χ1) is 11.7. The van der Waals surface area contributed by atoms with Gasteiger partial charge < -0.3 is 15.1 Å². The number of carboxylic acid groups (broad SMARTS) is 1. The standard InChI is InChI=1S/C18H22N2O4S/c1-9-7-19(4)6-5-12(9)8-25-16-10(2)14-13(11(3)21)17(22)20(14)15(16)18(23)24/h5-7,10-11,13-14,21H,8H2,1-4H3/p+1/t10-,11?,13-,14+/m1/s1. The predicted molar refractivity (Wildman–Crippen MR) is 93.3 cm³/mol. The number of aliphatic hydroxyl groups is 1. The molecule has 1 aromatic rings. The second kappa shape index (κ2) is 6.46. The Hall–Kier alpha value is -1.86. The maximum absolute atomic E-state index is 12.3. The lowest BCUT2D eigenvalue weighted by atomic mass is 9.79. The number of carboxylic acids is 1. The Morgan fingerprint density at radius 1 is 1.48 bits per heavy atom. The number of aromatic nitrogens is 1.